The summed E-state index contributed by atoms with van der Waals surface area (Å²) in [5.41, 5.74) is 2.16. The third-order valence-corrected chi connectivity index (χ3v) is 2.01. The highest BCUT2D eigenvalue weighted by molar-refractivity contribution is 5.48. The lowest BCUT2D eigenvalue weighted by atomic mass is 10.1. The number of aromatic hydroxyl groups is 1. The van der Waals surface area contributed by atoms with Crippen LogP contribution in [0.25, 0.3) is 0 Å². The fourth-order valence-electron chi connectivity index (χ4n) is 1.52. The highest BCUT2D eigenvalue weighted by Gasteiger charge is 2.08. The van der Waals surface area contributed by atoms with Crippen LogP contribution in [0.2, 0.25) is 0 Å². The van der Waals surface area contributed by atoms with Gasteiger partial charge in [-0.2, -0.15) is 0 Å². The van der Waals surface area contributed by atoms with Gasteiger partial charge in [-0.3, -0.25) is 0 Å². The average Bonchev–Trinajstić information content (AvgIpc) is 2.04. The van der Waals surface area contributed by atoms with E-state index in [1.165, 1.54) is 0 Å². The summed E-state index contributed by atoms with van der Waals surface area (Å²) in [6.45, 7) is 4.08. The van der Waals surface area contributed by atoms with Gasteiger partial charge in [0.2, 0.25) is 0 Å². The molecule has 0 radical (unpaired) electrons. The molecular weight excluding hydrogens is 164 g/mol. The second-order valence-corrected chi connectivity index (χ2v) is 3.23. The van der Waals surface area contributed by atoms with Gasteiger partial charge in [0, 0.05) is 0 Å². The summed E-state index contributed by atoms with van der Waals surface area (Å²) < 4.78 is 5.13. The second-order valence-electron chi connectivity index (χ2n) is 3.23. The summed E-state index contributed by atoms with van der Waals surface area (Å²) in [5, 5.41) is 9.57. The van der Waals surface area contributed by atoms with Gasteiger partial charge in [0.15, 0.2) is 11.5 Å². The van der Waals surface area contributed by atoms with Gasteiger partial charge < -0.3 is 9.84 Å². The fraction of sp³-hybridized carbons (Fsp3) is 0.455. The van der Waals surface area contributed by atoms with Crippen LogP contribution in [0.1, 0.15) is 24.5 Å². The standard InChI is InChI=1S/C11H16O2/c1-4-5-9-6-8(2)7-10(12)11(9)13-3/h6-7,12H,4-5H2,1-3H3. The van der Waals surface area contributed by atoms with E-state index in [1.807, 2.05) is 6.92 Å². The molecule has 2 nitrogen and oxygen atoms in total. The molecule has 1 aromatic rings. The molecule has 0 bridgehead atoms. The molecule has 0 fully saturated rings. The lowest BCUT2D eigenvalue weighted by Gasteiger charge is -2.10. The van der Waals surface area contributed by atoms with Gasteiger partial charge in [-0.25, -0.2) is 0 Å². The van der Waals surface area contributed by atoms with Gasteiger partial charge in [0.1, 0.15) is 0 Å². The Hall–Kier alpha value is -1.18. The molecular formula is C11H16O2. The van der Waals surface area contributed by atoms with Crippen molar-refractivity contribution in [1.29, 1.82) is 0 Å². The smallest absolute Gasteiger partial charge is 0.163 e. The van der Waals surface area contributed by atoms with Gasteiger partial charge >= 0.3 is 0 Å². The number of rotatable bonds is 3. The Balaban J connectivity index is 3.13. The van der Waals surface area contributed by atoms with Crippen LogP contribution in [0.15, 0.2) is 12.1 Å². The van der Waals surface area contributed by atoms with Crippen LogP contribution in [-0.4, -0.2) is 12.2 Å². The van der Waals surface area contributed by atoms with Crippen molar-refractivity contribution in [3.05, 3.63) is 23.3 Å². The molecule has 0 aromatic heterocycles. The summed E-state index contributed by atoms with van der Waals surface area (Å²) in [6, 6.07) is 3.78. The third-order valence-electron chi connectivity index (χ3n) is 2.01. The molecule has 1 N–H and O–H groups in total. The van der Waals surface area contributed by atoms with Crippen molar-refractivity contribution in [2.45, 2.75) is 26.7 Å². The number of phenolic OH excluding ortho intramolecular Hbond substituents is 1. The van der Waals surface area contributed by atoms with Gasteiger partial charge in [-0.1, -0.05) is 19.4 Å². The lowest BCUT2D eigenvalue weighted by molar-refractivity contribution is 0.369. The van der Waals surface area contributed by atoms with Crippen molar-refractivity contribution < 1.29 is 9.84 Å². The Morgan fingerprint density at radius 1 is 1.38 bits per heavy atom. The van der Waals surface area contributed by atoms with Crippen LogP contribution in [0.4, 0.5) is 0 Å². The molecule has 1 rings (SSSR count). The molecule has 13 heavy (non-hydrogen) atoms. The zero-order valence-electron chi connectivity index (χ0n) is 8.42. The molecule has 0 saturated carbocycles. The lowest BCUT2D eigenvalue weighted by Crippen LogP contribution is -1.93. The van der Waals surface area contributed by atoms with E-state index in [2.05, 4.69) is 13.0 Å². The Morgan fingerprint density at radius 2 is 2.08 bits per heavy atom. The number of methoxy groups -OCH3 is 1. The number of phenols is 1. The molecule has 0 spiro atoms. The average molecular weight is 180 g/mol. The zero-order chi connectivity index (χ0) is 9.84. The molecule has 0 atom stereocenters. The minimum absolute atomic E-state index is 0.242. The molecule has 0 aliphatic heterocycles. The summed E-state index contributed by atoms with van der Waals surface area (Å²) >= 11 is 0. The number of aryl methyl sites for hydroxylation is 2. The van der Waals surface area contributed by atoms with E-state index in [0.29, 0.717) is 5.75 Å². The Kier molecular flexibility index (Phi) is 3.18. The topological polar surface area (TPSA) is 29.5 Å². The first-order valence-electron chi connectivity index (χ1n) is 4.55. The van der Waals surface area contributed by atoms with Gasteiger partial charge in [-0.15, -0.1) is 0 Å². The first-order chi connectivity index (χ1) is 6.19. The van der Waals surface area contributed by atoms with Crippen molar-refractivity contribution in [3.63, 3.8) is 0 Å². The quantitative estimate of drug-likeness (QED) is 0.774. The molecule has 1 aromatic carbocycles. The van der Waals surface area contributed by atoms with E-state index in [1.54, 1.807) is 13.2 Å². The van der Waals surface area contributed by atoms with Crippen molar-refractivity contribution in [3.8, 4) is 11.5 Å². The van der Waals surface area contributed by atoms with Crippen molar-refractivity contribution in [1.82, 2.24) is 0 Å². The van der Waals surface area contributed by atoms with Crippen molar-refractivity contribution >= 4 is 0 Å². The Morgan fingerprint density at radius 3 is 2.62 bits per heavy atom. The van der Waals surface area contributed by atoms with E-state index >= 15 is 0 Å². The summed E-state index contributed by atoms with van der Waals surface area (Å²) in [4.78, 5) is 0. The van der Waals surface area contributed by atoms with E-state index in [9.17, 15) is 5.11 Å². The number of ether oxygens (including phenoxy) is 1. The number of hydrogen-bond donors (Lipinski definition) is 1. The van der Waals surface area contributed by atoms with Gasteiger partial charge in [-0.05, 0) is 30.5 Å². The number of hydrogen-bond acceptors (Lipinski definition) is 2. The minimum Gasteiger partial charge on any atom is -0.504 e. The molecule has 72 valence electrons. The van der Waals surface area contributed by atoms with Crippen LogP contribution in [0.5, 0.6) is 11.5 Å². The molecule has 0 saturated heterocycles. The SMILES string of the molecule is CCCc1cc(C)cc(O)c1OC. The third kappa shape index (κ3) is 2.14. The van der Waals surface area contributed by atoms with Crippen LogP contribution < -0.4 is 4.74 Å². The largest absolute Gasteiger partial charge is 0.504 e. The Bertz CT molecular complexity index is 292. The van der Waals surface area contributed by atoms with Gasteiger partial charge in [0.25, 0.3) is 0 Å². The first-order valence-corrected chi connectivity index (χ1v) is 4.55. The van der Waals surface area contributed by atoms with E-state index in [0.717, 1.165) is 24.0 Å². The van der Waals surface area contributed by atoms with E-state index in [4.69, 9.17) is 4.74 Å². The van der Waals surface area contributed by atoms with E-state index < -0.39 is 0 Å². The predicted molar refractivity (Wildman–Crippen MR) is 53.4 cm³/mol. The maximum absolute atomic E-state index is 9.57. The second kappa shape index (κ2) is 4.17. The molecule has 0 unspecified atom stereocenters. The van der Waals surface area contributed by atoms with Crippen LogP contribution in [0.3, 0.4) is 0 Å². The zero-order valence-corrected chi connectivity index (χ0v) is 8.42. The summed E-state index contributed by atoms with van der Waals surface area (Å²) in [6.07, 6.45) is 2.00. The van der Waals surface area contributed by atoms with Crippen LogP contribution >= 0.6 is 0 Å². The molecule has 0 aliphatic carbocycles. The highest BCUT2D eigenvalue weighted by Crippen LogP contribution is 2.31. The predicted octanol–water partition coefficient (Wildman–Crippen LogP) is 2.66. The van der Waals surface area contributed by atoms with E-state index in [-0.39, 0.29) is 5.75 Å². The molecule has 0 amide bonds. The molecule has 2 heteroatoms. The number of benzene rings is 1. The summed E-state index contributed by atoms with van der Waals surface area (Å²) in [7, 11) is 1.59. The molecule has 0 aliphatic rings. The highest BCUT2D eigenvalue weighted by atomic mass is 16.5. The maximum atomic E-state index is 9.57. The van der Waals surface area contributed by atoms with Crippen molar-refractivity contribution in [2.75, 3.05) is 7.11 Å². The van der Waals surface area contributed by atoms with Crippen molar-refractivity contribution in [2.24, 2.45) is 0 Å². The maximum Gasteiger partial charge on any atom is 0.163 e. The van der Waals surface area contributed by atoms with Gasteiger partial charge in [0.05, 0.1) is 7.11 Å². The normalized spacial score (nSPS) is 10.1. The first kappa shape index (κ1) is 9.90. The minimum atomic E-state index is 0.242. The fourth-order valence-corrected chi connectivity index (χ4v) is 1.52. The summed E-state index contributed by atoms with van der Waals surface area (Å²) in [5.74, 6) is 0.860. The van der Waals surface area contributed by atoms with Crippen LogP contribution in [0, 0.1) is 6.92 Å². The molecule has 0 heterocycles. The Labute approximate surface area is 79.2 Å². The monoisotopic (exact) mass is 180 g/mol. The van der Waals surface area contributed by atoms with Crippen LogP contribution in [-0.2, 0) is 6.42 Å².